The minimum absolute atomic E-state index is 0.204. The van der Waals surface area contributed by atoms with Gasteiger partial charge in [0.25, 0.3) is 5.91 Å². The Balaban J connectivity index is 1.91. The zero-order valence-electron chi connectivity index (χ0n) is 21.7. The summed E-state index contributed by atoms with van der Waals surface area (Å²) in [6.07, 6.45) is 0.357. The number of hydrogen-bond donors (Lipinski definition) is 1. The molecule has 8 heteroatoms. The number of amides is 2. The van der Waals surface area contributed by atoms with Crippen molar-refractivity contribution in [1.29, 1.82) is 0 Å². The highest BCUT2D eigenvalue weighted by Gasteiger charge is 2.30. The largest absolute Gasteiger partial charge is 0.497 e. The number of ether oxygens (including phenoxy) is 4. The molecule has 2 amide bonds. The molecule has 8 nitrogen and oxygen atoms in total. The van der Waals surface area contributed by atoms with Gasteiger partial charge in [0.15, 0.2) is 6.61 Å². The summed E-state index contributed by atoms with van der Waals surface area (Å²) >= 11 is 0. The van der Waals surface area contributed by atoms with Gasteiger partial charge in [-0.15, -0.1) is 0 Å². The SMILES string of the molecule is CCNC(=O)C(Cc1ccccc1)N(Cc1cccc(OC)c1)C(=O)COc1cc(OC)cc(OC)c1. The van der Waals surface area contributed by atoms with E-state index in [1.54, 1.807) is 44.4 Å². The van der Waals surface area contributed by atoms with Crippen molar-refractivity contribution >= 4 is 11.8 Å². The molecule has 0 bridgehead atoms. The Morgan fingerprint density at radius 2 is 1.41 bits per heavy atom. The van der Waals surface area contributed by atoms with Gasteiger partial charge in [-0.1, -0.05) is 42.5 Å². The number of nitrogens with zero attached hydrogens (tertiary/aromatic N) is 1. The summed E-state index contributed by atoms with van der Waals surface area (Å²) in [6.45, 7) is 2.23. The lowest BCUT2D eigenvalue weighted by molar-refractivity contribution is -0.142. The Bertz CT molecular complexity index is 1150. The summed E-state index contributed by atoms with van der Waals surface area (Å²) in [5.74, 6) is 1.60. The topological polar surface area (TPSA) is 86.3 Å². The van der Waals surface area contributed by atoms with Crippen LogP contribution in [0.4, 0.5) is 0 Å². The van der Waals surface area contributed by atoms with E-state index in [-0.39, 0.29) is 25.0 Å². The van der Waals surface area contributed by atoms with Crippen LogP contribution in [0.3, 0.4) is 0 Å². The molecular weight excluding hydrogens is 472 g/mol. The zero-order chi connectivity index (χ0) is 26.6. The minimum atomic E-state index is -0.746. The molecule has 1 atom stereocenters. The van der Waals surface area contributed by atoms with E-state index in [0.717, 1.165) is 11.1 Å². The van der Waals surface area contributed by atoms with Crippen LogP contribution >= 0.6 is 0 Å². The van der Waals surface area contributed by atoms with Gasteiger partial charge in [0.05, 0.1) is 21.3 Å². The molecule has 0 aliphatic rings. The second-order valence-corrected chi connectivity index (χ2v) is 8.31. The first-order valence-corrected chi connectivity index (χ1v) is 12.1. The molecule has 3 aromatic carbocycles. The molecule has 0 fully saturated rings. The maximum absolute atomic E-state index is 13.7. The van der Waals surface area contributed by atoms with Crippen molar-refractivity contribution in [1.82, 2.24) is 10.2 Å². The third kappa shape index (κ3) is 7.90. The second-order valence-electron chi connectivity index (χ2n) is 8.31. The van der Waals surface area contributed by atoms with E-state index in [2.05, 4.69) is 5.32 Å². The fourth-order valence-corrected chi connectivity index (χ4v) is 3.91. The van der Waals surface area contributed by atoms with Crippen LogP contribution in [-0.4, -0.2) is 57.2 Å². The van der Waals surface area contributed by atoms with Gasteiger partial charge in [-0.25, -0.2) is 0 Å². The van der Waals surface area contributed by atoms with E-state index in [1.807, 2.05) is 61.5 Å². The number of likely N-dealkylation sites (N-methyl/N-ethyl adjacent to an activating group) is 1. The van der Waals surface area contributed by atoms with Gasteiger partial charge in [-0.2, -0.15) is 0 Å². The summed E-state index contributed by atoms with van der Waals surface area (Å²) < 4.78 is 21.8. The summed E-state index contributed by atoms with van der Waals surface area (Å²) in [5.41, 5.74) is 1.78. The Morgan fingerprint density at radius 1 is 0.784 bits per heavy atom. The zero-order valence-corrected chi connectivity index (χ0v) is 21.7. The van der Waals surface area contributed by atoms with Crippen LogP contribution < -0.4 is 24.3 Å². The van der Waals surface area contributed by atoms with Gasteiger partial charge in [-0.3, -0.25) is 9.59 Å². The van der Waals surface area contributed by atoms with E-state index in [0.29, 0.717) is 36.0 Å². The summed E-state index contributed by atoms with van der Waals surface area (Å²) in [6, 6.07) is 21.4. The number of nitrogens with one attached hydrogen (secondary N) is 1. The maximum atomic E-state index is 13.7. The molecule has 0 saturated carbocycles. The molecule has 0 aliphatic heterocycles. The fourth-order valence-electron chi connectivity index (χ4n) is 3.91. The van der Waals surface area contributed by atoms with Crippen molar-refractivity contribution in [2.45, 2.75) is 25.9 Å². The number of carbonyl (C=O) groups excluding carboxylic acids is 2. The van der Waals surface area contributed by atoms with Crippen molar-refractivity contribution < 1.29 is 28.5 Å². The van der Waals surface area contributed by atoms with Gasteiger partial charge in [0.2, 0.25) is 5.91 Å². The van der Waals surface area contributed by atoms with Crippen molar-refractivity contribution in [2.24, 2.45) is 0 Å². The molecule has 3 aromatic rings. The first-order valence-electron chi connectivity index (χ1n) is 12.1. The standard InChI is InChI=1S/C29H34N2O6/c1-5-30-29(33)27(15-21-10-7-6-8-11-21)31(19-22-12-9-13-23(14-22)34-2)28(32)20-37-26-17-24(35-3)16-25(18-26)36-4/h6-14,16-18,27H,5,15,19-20H2,1-4H3,(H,30,33). The maximum Gasteiger partial charge on any atom is 0.261 e. The molecule has 0 radical (unpaired) electrons. The number of methoxy groups -OCH3 is 3. The number of benzene rings is 3. The molecular formula is C29H34N2O6. The van der Waals surface area contributed by atoms with E-state index >= 15 is 0 Å². The summed E-state index contributed by atoms with van der Waals surface area (Å²) in [7, 11) is 4.67. The first-order chi connectivity index (χ1) is 18.0. The van der Waals surface area contributed by atoms with E-state index in [4.69, 9.17) is 18.9 Å². The molecule has 0 saturated heterocycles. The molecule has 1 N–H and O–H groups in total. The molecule has 0 aromatic heterocycles. The third-order valence-corrected chi connectivity index (χ3v) is 5.80. The van der Waals surface area contributed by atoms with Crippen molar-refractivity contribution in [2.75, 3.05) is 34.5 Å². The predicted molar refractivity (Wildman–Crippen MR) is 141 cm³/mol. The number of carbonyl (C=O) groups is 2. The van der Waals surface area contributed by atoms with Crippen molar-refractivity contribution in [3.05, 3.63) is 83.9 Å². The highest BCUT2D eigenvalue weighted by molar-refractivity contribution is 5.88. The van der Waals surface area contributed by atoms with Gasteiger partial charge < -0.3 is 29.2 Å². The summed E-state index contributed by atoms with van der Waals surface area (Å²) in [5, 5.41) is 2.88. The van der Waals surface area contributed by atoms with Crippen LogP contribution in [0, 0.1) is 0 Å². The van der Waals surface area contributed by atoms with E-state index in [9.17, 15) is 9.59 Å². The van der Waals surface area contributed by atoms with E-state index in [1.165, 1.54) is 0 Å². The molecule has 0 heterocycles. The van der Waals surface area contributed by atoms with Gasteiger partial charge in [-0.05, 0) is 30.2 Å². The van der Waals surface area contributed by atoms with Gasteiger partial charge in [0.1, 0.15) is 29.0 Å². The van der Waals surface area contributed by atoms with Crippen LogP contribution in [0.25, 0.3) is 0 Å². The van der Waals surface area contributed by atoms with E-state index < -0.39 is 6.04 Å². The van der Waals surface area contributed by atoms with Crippen LogP contribution in [-0.2, 0) is 22.6 Å². The first kappa shape index (κ1) is 27.4. The molecule has 0 spiro atoms. The smallest absolute Gasteiger partial charge is 0.261 e. The van der Waals surface area contributed by atoms with Crippen molar-refractivity contribution in [3.8, 4) is 23.0 Å². The minimum Gasteiger partial charge on any atom is -0.497 e. The third-order valence-electron chi connectivity index (χ3n) is 5.80. The lowest BCUT2D eigenvalue weighted by Crippen LogP contribution is -2.51. The Kier molecular flexibility index (Phi) is 10.2. The molecule has 1 unspecified atom stereocenters. The summed E-state index contributed by atoms with van der Waals surface area (Å²) in [4.78, 5) is 28.5. The van der Waals surface area contributed by atoms with Crippen LogP contribution in [0.1, 0.15) is 18.1 Å². The predicted octanol–water partition coefficient (Wildman–Crippen LogP) is 3.87. The van der Waals surface area contributed by atoms with Crippen molar-refractivity contribution in [3.63, 3.8) is 0 Å². The Morgan fingerprint density at radius 3 is 2.03 bits per heavy atom. The lowest BCUT2D eigenvalue weighted by atomic mass is 10.0. The molecule has 37 heavy (non-hydrogen) atoms. The van der Waals surface area contributed by atoms with Crippen LogP contribution in [0.2, 0.25) is 0 Å². The fraction of sp³-hybridized carbons (Fsp3) is 0.310. The average molecular weight is 507 g/mol. The average Bonchev–Trinajstić information content (AvgIpc) is 2.94. The molecule has 3 rings (SSSR count). The Hall–Kier alpha value is -4.20. The number of rotatable bonds is 13. The normalized spacial score (nSPS) is 11.2. The highest BCUT2D eigenvalue weighted by atomic mass is 16.5. The second kappa shape index (κ2) is 13.8. The Labute approximate surface area is 218 Å². The number of hydrogen-bond acceptors (Lipinski definition) is 6. The van der Waals surface area contributed by atoms with Gasteiger partial charge >= 0.3 is 0 Å². The van der Waals surface area contributed by atoms with Gasteiger partial charge in [0, 0.05) is 37.7 Å². The quantitative estimate of drug-likeness (QED) is 0.379. The molecule has 0 aliphatic carbocycles. The highest BCUT2D eigenvalue weighted by Crippen LogP contribution is 2.27. The molecule has 196 valence electrons. The van der Waals surface area contributed by atoms with Crippen LogP contribution in [0.5, 0.6) is 23.0 Å². The monoisotopic (exact) mass is 506 g/mol. The lowest BCUT2D eigenvalue weighted by Gasteiger charge is -2.31. The van der Waals surface area contributed by atoms with Crippen LogP contribution in [0.15, 0.2) is 72.8 Å².